The maximum absolute atomic E-state index is 13.0. The van der Waals surface area contributed by atoms with E-state index in [9.17, 15) is 18.8 Å². The molecular weight excluding hydrogens is 371 g/mol. The van der Waals surface area contributed by atoms with Gasteiger partial charge in [0.25, 0.3) is 5.24 Å². The number of thioether (sulfide) groups is 1. The monoisotopic (exact) mass is 394 g/mol. The average molecular weight is 394 g/mol. The van der Waals surface area contributed by atoms with Crippen LogP contribution in [0.5, 0.6) is 0 Å². The van der Waals surface area contributed by atoms with Crippen LogP contribution in [0.3, 0.4) is 0 Å². The molecule has 2 saturated heterocycles. The smallest absolute Gasteiger partial charge is 0.288 e. The summed E-state index contributed by atoms with van der Waals surface area (Å²) in [4.78, 5) is 40.9. The lowest BCUT2D eigenvalue weighted by atomic mass is 10.2. The SMILES string of the molecule is C[C@@H](C(=O)NCCN1C(=O)CSC1=O)N1CCN(c2ccc(F)cc2)CC1. The molecule has 0 aromatic heterocycles. The Morgan fingerprint density at radius 1 is 1.19 bits per heavy atom. The third-order valence-corrected chi connectivity index (χ3v) is 5.77. The number of anilines is 1. The van der Waals surface area contributed by atoms with E-state index in [0.717, 1.165) is 43.6 Å². The molecule has 0 spiro atoms. The van der Waals surface area contributed by atoms with Gasteiger partial charge in [0.2, 0.25) is 11.8 Å². The fourth-order valence-electron chi connectivity index (χ4n) is 3.22. The van der Waals surface area contributed by atoms with Crippen molar-refractivity contribution in [3.8, 4) is 0 Å². The van der Waals surface area contributed by atoms with Crippen molar-refractivity contribution in [3.63, 3.8) is 0 Å². The van der Waals surface area contributed by atoms with E-state index in [4.69, 9.17) is 0 Å². The van der Waals surface area contributed by atoms with Gasteiger partial charge >= 0.3 is 0 Å². The van der Waals surface area contributed by atoms with Crippen LogP contribution in [0, 0.1) is 5.82 Å². The van der Waals surface area contributed by atoms with Gasteiger partial charge in [0.05, 0.1) is 11.8 Å². The molecule has 1 atom stereocenters. The first-order chi connectivity index (χ1) is 13.0. The normalized spacial score (nSPS) is 19.5. The van der Waals surface area contributed by atoms with Crippen LogP contribution >= 0.6 is 11.8 Å². The van der Waals surface area contributed by atoms with Crippen LogP contribution in [0.25, 0.3) is 0 Å². The summed E-state index contributed by atoms with van der Waals surface area (Å²) in [6, 6.07) is 6.14. The molecule has 0 radical (unpaired) electrons. The number of amides is 3. The van der Waals surface area contributed by atoms with E-state index in [-0.39, 0.29) is 47.8 Å². The van der Waals surface area contributed by atoms with Crippen LogP contribution in [-0.2, 0) is 9.59 Å². The largest absolute Gasteiger partial charge is 0.369 e. The Labute approximate surface area is 161 Å². The van der Waals surface area contributed by atoms with Crippen molar-refractivity contribution >= 4 is 34.5 Å². The Morgan fingerprint density at radius 3 is 2.44 bits per heavy atom. The average Bonchev–Trinajstić information content (AvgIpc) is 3.00. The number of nitrogens with zero attached hydrogens (tertiary/aromatic N) is 3. The maximum Gasteiger partial charge on any atom is 0.288 e. The van der Waals surface area contributed by atoms with Crippen molar-refractivity contribution in [2.24, 2.45) is 0 Å². The molecule has 2 fully saturated rings. The third-order valence-electron chi connectivity index (χ3n) is 4.91. The van der Waals surface area contributed by atoms with Gasteiger partial charge in [0, 0.05) is 45.0 Å². The first-order valence-electron chi connectivity index (χ1n) is 8.95. The number of piperazine rings is 1. The Kier molecular flexibility index (Phi) is 6.33. The van der Waals surface area contributed by atoms with Crippen LogP contribution in [-0.4, -0.2) is 77.9 Å². The summed E-state index contributed by atoms with van der Waals surface area (Å²) < 4.78 is 13.0. The number of carbonyl (C=O) groups excluding carboxylic acids is 3. The van der Waals surface area contributed by atoms with E-state index in [1.54, 1.807) is 12.1 Å². The number of imide groups is 1. The summed E-state index contributed by atoms with van der Waals surface area (Å²) in [6.45, 7) is 5.30. The zero-order valence-corrected chi connectivity index (χ0v) is 16.0. The lowest BCUT2D eigenvalue weighted by Gasteiger charge is -2.38. The van der Waals surface area contributed by atoms with Crippen LogP contribution in [0.1, 0.15) is 6.92 Å². The molecule has 3 rings (SSSR count). The predicted molar refractivity (Wildman–Crippen MR) is 102 cm³/mol. The van der Waals surface area contributed by atoms with E-state index < -0.39 is 0 Å². The zero-order chi connectivity index (χ0) is 19.4. The highest BCUT2D eigenvalue weighted by atomic mass is 32.2. The molecule has 0 unspecified atom stereocenters. The maximum atomic E-state index is 13.0. The van der Waals surface area contributed by atoms with E-state index in [1.807, 2.05) is 6.92 Å². The van der Waals surface area contributed by atoms with Gasteiger partial charge in [-0.2, -0.15) is 0 Å². The van der Waals surface area contributed by atoms with Gasteiger partial charge in [-0.25, -0.2) is 4.39 Å². The van der Waals surface area contributed by atoms with Crippen LogP contribution in [0.2, 0.25) is 0 Å². The van der Waals surface area contributed by atoms with Crippen molar-refractivity contribution in [3.05, 3.63) is 30.1 Å². The second-order valence-electron chi connectivity index (χ2n) is 6.57. The van der Waals surface area contributed by atoms with Gasteiger partial charge in [-0.1, -0.05) is 11.8 Å². The molecule has 0 saturated carbocycles. The Hall–Kier alpha value is -2.13. The highest BCUT2D eigenvalue weighted by molar-refractivity contribution is 8.14. The van der Waals surface area contributed by atoms with Crippen molar-refractivity contribution < 1.29 is 18.8 Å². The molecule has 0 aliphatic carbocycles. The molecule has 0 bridgehead atoms. The highest BCUT2D eigenvalue weighted by Gasteiger charge is 2.30. The molecule has 1 aromatic rings. The molecule has 2 aliphatic heterocycles. The Balaban J connectivity index is 1.42. The van der Waals surface area contributed by atoms with Gasteiger partial charge < -0.3 is 10.2 Å². The summed E-state index contributed by atoms with van der Waals surface area (Å²) in [5, 5.41) is 2.55. The minimum absolute atomic E-state index is 0.114. The van der Waals surface area contributed by atoms with Gasteiger partial charge in [0.15, 0.2) is 0 Å². The predicted octanol–water partition coefficient (Wildman–Crippen LogP) is 1.15. The van der Waals surface area contributed by atoms with Crippen LogP contribution in [0.15, 0.2) is 24.3 Å². The van der Waals surface area contributed by atoms with E-state index in [1.165, 1.54) is 17.0 Å². The van der Waals surface area contributed by atoms with Crippen LogP contribution in [0.4, 0.5) is 14.9 Å². The summed E-state index contributed by atoms with van der Waals surface area (Å²) >= 11 is 0.991. The minimum Gasteiger partial charge on any atom is -0.369 e. The number of carbonyl (C=O) groups is 3. The van der Waals surface area contributed by atoms with Gasteiger partial charge in [0.1, 0.15) is 5.82 Å². The number of nitrogens with one attached hydrogen (secondary N) is 1. The standard InChI is InChI=1S/C18H23FN4O3S/c1-13(17(25)20-6-7-23-16(24)12-27-18(23)26)21-8-10-22(11-9-21)15-4-2-14(19)3-5-15/h2-5,13H,6-12H2,1H3,(H,20,25)/t13-/m0/s1. The van der Waals surface area contributed by atoms with Crippen molar-refractivity contribution in [1.82, 2.24) is 15.1 Å². The number of hydrogen-bond acceptors (Lipinski definition) is 6. The first kappa shape index (κ1) is 19.6. The van der Waals surface area contributed by atoms with Crippen molar-refractivity contribution in [2.45, 2.75) is 13.0 Å². The number of rotatable bonds is 6. The Morgan fingerprint density at radius 2 is 1.85 bits per heavy atom. The third kappa shape index (κ3) is 4.78. The van der Waals surface area contributed by atoms with E-state index in [0.29, 0.717) is 0 Å². The van der Waals surface area contributed by atoms with Gasteiger partial charge in [-0.15, -0.1) is 0 Å². The first-order valence-corrected chi connectivity index (χ1v) is 9.93. The number of halogens is 1. The van der Waals surface area contributed by atoms with E-state index in [2.05, 4.69) is 15.1 Å². The van der Waals surface area contributed by atoms with E-state index >= 15 is 0 Å². The summed E-state index contributed by atoms with van der Waals surface area (Å²) in [5.41, 5.74) is 0.978. The summed E-state index contributed by atoms with van der Waals surface area (Å²) in [6.07, 6.45) is 0. The van der Waals surface area contributed by atoms with Gasteiger partial charge in [-0.05, 0) is 31.2 Å². The number of hydrogen-bond donors (Lipinski definition) is 1. The molecule has 9 heteroatoms. The molecule has 1 aromatic carbocycles. The fraction of sp³-hybridized carbons (Fsp3) is 0.500. The summed E-state index contributed by atoms with van der Waals surface area (Å²) in [5.74, 6) is -0.388. The zero-order valence-electron chi connectivity index (χ0n) is 15.2. The molecule has 2 aliphatic rings. The lowest BCUT2D eigenvalue weighted by Crippen LogP contribution is -2.54. The highest BCUT2D eigenvalue weighted by Crippen LogP contribution is 2.19. The second-order valence-corrected chi connectivity index (χ2v) is 7.49. The molecule has 2 heterocycles. The topological polar surface area (TPSA) is 73.0 Å². The quantitative estimate of drug-likeness (QED) is 0.780. The van der Waals surface area contributed by atoms with Crippen molar-refractivity contribution in [1.29, 1.82) is 0 Å². The number of benzene rings is 1. The molecule has 146 valence electrons. The molecule has 7 nitrogen and oxygen atoms in total. The molecular formula is C18H23FN4O3S. The second kappa shape index (κ2) is 8.71. The fourth-order valence-corrected chi connectivity index (χ4v) is 3.97. The van der Waals surface area contributed by atoms with Crippen LogP contribution < -0.4 is 10.2 Å². The van der Waals surface area contributed by atoms with Crippen molar-refractivity contribution in [2.75, 3.05) is 49.9 Å². The van der Waals surface area contributed by atoms with Gasteiger partial charge in [-0.3, -0.25) is 24.2 Å². The molecule has 1 N–H and O–H groups in total. The molecule has 27 heavy (non-hydrogen) atoms. The molecule has 3 amide bonds. The summed E-state index contributed by atoms with van der Waals surface area (Å²) in [7, 11) is 0. The minimum atomic E-state index is -0.292. The lowest BCUT2D eigenvalue weighted by molar-refractivity contribution is -0.127. The Bertz CT molecular complexity index is 691.